The largest absolute Gasteiger partial charge is 0.469 e. The van der Waals surface area contributed by atoms with Crippen molar-refractivity contribution >= 4 is 5.91 Å². The Morgan fingerprint density at radius 2 is 2.12 bits per heavy atom. The molecular formula is C20H21N3O2. The van der Waals surface area contributed by atoms with Crippen LogP contribution in [0.15, 0.2) is 65.5 Å². The van der Waals surface area contributed by atoms with Crippen LogP contribution in [-0.4, -0.2) is 15.5 Å². The van der Waals surface area contributed by atoms with Crippen molar-refractivity contribution in [2.24, 2.45) is 5.92 Å². The summed E-state index contributed by atoms with van der Waals surface area (Å²) in [6.45, 7) is 1.32. The number of amides is 1. The molecule has 1 aromatic carbocycles. The molecule has 0 saturated heterocycles. The van der Waals surface area contributed by atoms with Crippen molar-refractivity contribution in [3.05, 3.63) is 78.3 Å². The van der Waals surface area contributed by atoms with Crippen LogP contribution in [0.1, 0.15) is 29.5 Å². The fourth-order valence-electron chi connectivity index (χ4n) is 3.20. The van der Waals surface area contributed by atoms with Crippen molar-refractivity contribution in [2.45, 2.75) is 31.8 Å². The summed E-state index contributed by atoms with van der Waals surface area (Å²) < 4.78 is 7.49. The number of imidazole rings is 1. The number of nitrogens with zero attached hydrogens (tertiary/aromatic N) is 2. The number of hydrogen-bond donors (Lipinski definition) is 1. The lowest BCUT2D eigenvalue weighted by atomic mass is 10.1. The monoisotopic (exact) mass is 335 g/mol. The van der Waals surface area contributed by atoms with E-state index in [-0.39, 0.29) is 17.7 Å². The normalized spacial score (nSPS) is 18.9. The Balaban J connectivity index is 1.29. The van der Waals surface area contributed by atoms with E-state index >= 15 is 0 Å². The van der Waals surface area contributed by atoms with Gasteiger partial charge in [-0.3, -0.25) is 4.79 Å². The van der Waals surface area contributed by atoms with Gasteiger partial charge in [0.05, 0.1) is 12.8 Å². The minimum atomic E-state index is 0.0267. The highest BCUT2D eigenvalue weighted by atomic mass is 16.3. The van der Waals surface area contributed by atoms with Crippen LogP contribution in [0.4, 0.5) is 0 Å². The zero-order chi connectivity index (χ0) is 17.1. The molecule has 3 aromatic rings. The summed E-state index contributed by atoms with van der Waals surface area (Å²) in [4.78, 5) is 16.7. The van der Waals surface area contributed by atoms with Crippen LogP contribution in [0, 0.1) is 5.92 Å². The molecule has 128 valence electrons. The number of carbonyl (C=O) groups excluding carboxylic acids is 1. The molecule has 2 aromatic heterocycles. The molecule has 4 rings (SSSR count). The second-order valence-electron chi connectivity index (χ2n) is 6.45. The lowest BCUT2D eigenvalue weighted by Crippen LogP contribution is -2.26. The maximum atomic E-state index is 12.3. The Bertz CT molecular complexity index is 824. The van der Waals surface area contributed by atoms with Gasteiger partial charge in [-0.2, -0.15) is 0 Å². The average molecular weight is 335 g/mol. The molecule has 0 spiro atoms. The van der Waals surface area contributed by atoms with Crippen LogP contribution in [-0.2, 0) is 24.3 Å². The first-order valence-electron chi connectivity index (χ1n) is 8.66. The quantitative estimate of drug-likeness (QED) is 0.721. The Morgan fingerprint density at radius 1 is 1.24 bits per heavy atom. The molecule has 0 bridgehead atoms. The maximum Gasteiger partial charge on any atom is 0.224 e. The van der Waals surface area contributed by atoms with Gasteiger partial charge >= 0.3 is 0 Å². The summed E-state index contributed by atoms with van der Waals surface area (Å²) in [5, 5.41) is 3.01. The van der Waals surface area contributed by atoms with E-state index in [1.165, 1.54) is 5.56 Å². The van der Waals surface area contributed by atoms with Crippen molar-refractivity contribution in [3.8, 4) is 0 Å². The highest BCUT2D eigenvalue weighted by Crippen LogP contribution is 2.47. The number of carbonyl (C=O) groups is 1. The van der Waals surface area contributed by atoms with E-state index in [1.54, 1.807) is 12.5 Å². The third-order valence-corrected chi connectivity index (χ3v) is 4.74. The van der Waals surface area contributed by atoms with Crippen LogP contribution in [0.2, 0.25) is 0 Å². The van der Waals surface area contributed by atoms with E-state index in [4.69, 9.17) is 4.42 Å². The van der Waals surface area contributed by atoms with Gasteiger partial charge in [-0.15, -0.1) is 0 Å². The highest BCUT2D eigenvalue weighted by Gasteiger charge is 2.45. The SMILES string of the molecule is O=C(NCc1nccn1CCc1ccccc1)[C@H]1C[C@@H]1c1ccco1. The van der Waals surface area contributed by atoms with Gasteiger partial charge in [0.1, 0.15) is 11.6 Å². The van der Waals surface area contributed by atoms with Crippen LogP contribution in [0.5, 0.6) is 0 Å². The molecule has 1 aliphatic rings. The fourth-order valence-corrected chi connectivity index (χ4v) is 3.20. The van der Waals surface area contributed by atoms with E-state index in [2.05, 4.69) is 39.1 Å². The molecule has 0 unspecified atom stereocenters. The first-order chi connectivity index (χ1) is 12.3. The van der Waals surface area contributed by atoms with Gasteiger partial charge in [-0.25, -0.2) is 4.98 Å². The first kappa shape index (κ1) is 15.7. The summed E-state index contributed by atoms with van der Waals surface area (Å²) in [6.07, 6.45) is 7.22. The number of rotatable bonds is 7. The number of furan rings is 1. The number of aryl methyl sites for hydroxylation is 2. The summed E-state index contributed by atoms with van der Waals surface area (Å²) in [5.41, 5.74) is 1.30. The first-order valence-corrected chi connectivity index (χ1v) is 8.66. The van der Waals surface area contributed by atoms with Crippen LogP contribution in [0.25, 0.3) is 0 Å². The van der Waals surface area contributed by atoms with Crippen LogP contribution < -0.4 is 5.32 Å². The molecule has 5 heteroatoms. The third kappa shape index (κ3) is 3.65. The Kier molecular flexibility index (Phi) is 4.37. The summed E-state index contributed by atoms with van der Waals surface area (Å²) in [5.74, 6) is 2.13. The molecule has 1 saturated carbocycles. The average Bonchev–Trinajstić information content (AvgIpc) is 3.06. The van der Waals surface area contributed by atoms with Gasteiger partial charge in [0.2, 0.25) is 5.91 Å². The molecule has 1 fully saturated rings. The number of hydrogen-bond acceptors (Lipinski definition) is 3. The minimum Gasteiger partial charge on any atom is -0.469 e. The predicted octanol–water partition coefficient (Wildman–Crippen LogP) is 3.14. The van der Waals surface area contributed by atoms with Gasteiger partial charge in [-0.1, -0.05) is 30.3 Å². The second-order valence-corrected chi connectivity index (χ2v) is 6.45. The van der Waals surface area contributed by atoms with E-state index in [9.17, 15) is 4.79 Å². The molecule has 1 N–H and O–H groups in total. The standard InChI is InChI=1S/C20H21N3O2/c24-20(17-13-16(17)18-7-4-12-25-18)22-14-19-21-9-11-23(19)10-8-15-5-2-1-3-6-15/h1-7,9,11-12,16-17H,8,10,13-14H2,(H,22,24)/t16-,17-/m0/s1. The molecular weight excluding hydrogens is 314 g/mol. The topological polar surface area (TPSA) is 60.1 Å². The molecule has 1 aliphatic carbocycles. The van der Waals surface area contributed by atoms with Crippen molar-refractivity contribution < 1.29 is 9.21 Å². The second kappa shape index (κ2) is 6.97. The number of benzene rings is 1. The van der Waals surface area contributed by atoms with E-state index in [0.717, 1.165) is 31.0 Å². The molecule has 0 radical (unpaired) electrons. The molecule has 1 amide bonds. The molecule has 2 atom stereocenters. The Hall–Kier alpha value is -2.82. The van der Waals surface area contributed by atoms with E-state index in [0.29, 0.717) is 6.54 Å². The van der Waals surface area contributed by atoms with Gasteiger partial charge in [0, 0.05) is 30.8 Å². The maximum absolute atomic E-state index is 12.3. The van der Waals surface area contributed by atoms with Gasteiger partial charge in [-0.05, 0) is 30.5 Å². The van der Waals surface area contributed by atoms with Gasteiger partial charge in [0.25, 0.3) is 0 Å². The zero-order valence-electron chi connectivity index (χ0n) is 14.0. The predicted molar refractivity (Wildman–Crippen MR) is 93.8 cm³/mol. The van der Waals surface area contributed by atoms with E-state index in [1.807, 2.05) is 24.4 Å². The fraction of sp³-hybridized carbons (Fsp3) is 0.300. The summed E-state index contributed by atoms with van der Waals surface area (Å²) in [7, 11) is 0. The molecule has 5 nitrogen and oxygen atoms in total. The highest BCUT2D eigenvalue weighted by molar-refractivity contribution is 5.82. The van der Waals surface area contributed by atoms with Crippen molar-refractivity contribution in [2.75, 3.05) is 0 Å². The van der Waals surface area contributed by atoms with E-state index < -0.39 is 0 Å². The summed E-state index contributed by atoms with van der Waals surface area (Å²) >= 11 is 0. The third-order valence-electron chi connectivity index (χ3n) is 4.74. The smallest absolute Gasteiger partial charge is 0.224 e. The zero-order valence-corrected chi connectivity index (χ0v) is 14.0. The Morgan fingerprint density at radius 3 is 2.92 bits per heavy atom. The molecule has 2 heterocycles. The minimum absolute atomic E-state index is 0.0267. The summed E-state index contributed by atoms with van der Waals surface area (Å²) in [6, 6.07) is 14.2. The number of aromatic nitrogens is 2. The van der Waals surface area contributed by atoms with Crippen molar-refractivity contribution in [1.29, 1.82) is 0 Å². The molecule has 25 heavy (non-hydrogen) atoms. The number of nitrogens with one attached hydrogen (secondary N) is 1. The van der Waals surface area contributed by atoms with Crippen molar-refractivity contribution in [3.63, 3.8) is 0 Å². The lowest BCUT2D eigenvalue weighted by Gasteiger charge is -2.09. The van der Waals surface area contributed by atoms with Crippen molar-refractivity contribution in [1.82, 2.24) is 14.9 Å². The lowest BCUT2D eigenvalue weighted by molar-refractivity contribution is -0.122. The van der Waals surface area contributed by atoms with Gasteiger partial charge < -0.3 is 14.3 Å². The molecule has 0 aliphatic heterocycles. The van der Waals surface area contributed by atoms with Crippen LogP contribution in [0.3, 0.4) is 0 Å². The Labute approximate surface area is 146 Å². The van der Waals surface area contributed by atoms with Crippen LogP contribution >= 0.6 is 0 Å². The van der Waals surface area contributed by atoms with Gasteiger partial charge in [0.15, 0.2) is 0 Å².